The Hall–Kier alpha value is -3.21. The maximum atomic E-state index is 11.9. The Morgan fingerprint density at radius 1 is 0.960 bits per heavy atom. The van der Waals surface area contributed by atoms with Crippen molar-refractivity contribution in [3.05, 3.63) is 90.0 Å². The smallest absolute Gasteiger partial charge is 0.271 e. The predicted octanol–water partition coefficient (Wildman–Crippen LogP) is 3.03. The summed E-state index contributed by atoms with van der Waals surface area (Å²) in [6, 6.07) is 18.0. The topological polar surface area (TPSA) is 64.1 Å². The summed E-state index contributed by atoms with van der Waals surface area (Å²) >= 11 is 0. The van der Waals surface area contributed by atoms with Gasteiger partial charge in [-0.05, 0) is 29.7 Å². The number of carbonyl (C=O) groups excluding carboxylic acids is 1. The van der Waals surface area contributed by atoms with Gasteiger partial charge in [0.15, 0.2) is 0 Å². The highest BCUT2D eigenvalue weighted by Crippen LogP contribution is 2.14. The first kappa shape index (κ1) is 16.6. The minimum absolute atomic E-state index is 0.212. The number of benzene rings is 2. The van der Waals surface area contributed by atoms with E-state index in [0.717, 1.165) is 23.3 Å². The highest BCUT2D eigenvalue weighted by molar-refractivity contribution is 5.91. The van der Waals surface area contributed by atoms with E-state index < -0.39 is 0 Å². The van der Waals surface area contributed by atoms with Crippen LogP contribution in [-0.2, 0) is 13.0 Å². The lowest BCUT2D eigenvalue weighted by atomic mass is 10.1. The molecular weight excluding hydrogens is 314 g/mol. The van der Waals surface area contributed by atoms with Crippen molar-refractivity contribution >= 4 is 5.91 Å². The number of aromatic nitrogens is 2. The van der Waals surface area contributed by atoms with Gasteiger partial charge in [0.1, 0.15) is 18.1 Å². The SMILES string of the molecule is O=C(NCCc1ccc(OCc2ccccc2)cc1)c1cnccn1. The van der Waals surface area contributed by atoms with E-state index in [-0.39, 0.29) is 5.91 Å². The number of amides is 1. The molecule has 2 aromatic carbocycles. The van der Waals surface area contributed by atoms with E-state index in [9.17, 15) is 4.79 Å². The molecule has 5 nitrogen and oxygen atoms in total. The minimum Gasteiger partial charge on any atom is -0.489 e. The van der Waals surface area contributed by atoms with E-state index in [0.29, 0.717) is 18.8 Å². The molecule has 1 heterocycles. The second kappa shape index (κ2) is 8.59. The number of hydrogen-bond donors (Lipinski definition) is 1. The zero-order valence-corrected chi connectivity index (χ0v) is 13.8. The molecule has 0 saturated heterocycles. The van der Waals surface area contributed by atoms with Crippen LogP contribution in [0.5, 0.6) is 5.75 Å². The van der Waals surface area contributed by atoms with Crippen molar-refractivity contribution in [1.29, 1.82) is 0 Å². The maximum absolute atomic E-state index is 11.9. The van der Waals surface area contributed by atoms with E-state index >= 15 is 0 Å². The second-order valence-electron chi connectivity index (χ2n) is 5.51. The molecule has 1 amide bonds. The van der Waals surface area contributed by atoms with E-state index in [1.807, 2.05) is 54.6 Å². The summed E-state index contributed by atoms with van der Waals surface area (Å²) in [5, 5.41) is 2.84. The fraction of sp³-hybridized carbons (Fsp3) is 0.150. The Labute approximate surface area is 146 Å². The quantitative estimate of drug-likeness (QED) is 0.722. The third-order valence-corrected chi connectivity index (χ3v) is 3.67. The van der Waals surface area contributed by atoms with E-state index in [2.05, 4.69) is 15.3 Å². The minimum atomic E-state index is -0.212. The second-order valence-corrected chi connectivity index (χ2v) is 5.51. The van der Waals surface area contributed by atoms with E-state index in [1.54, 1.807) is 0 Å². The standard InChI is InChI=1S/C20H19N3O2/c24-20(19-14-21-12-13-22-19)23-11-10-16-6-8-18(9-7-16)25-15-17-4-2-1-3-5-17/h1-9,12-14H,10-11,15H2,(H,23,24). The first-order valence-electron chi connectivity index (χ1n) is 8.11. The molecule has 1 N–H and O–H groups in total. The molecule has 0 fully saturated rings. The number of nitrogens with zero attached hydrogens (tertiary/aromatic N) is 2. The van der Waals surface area contributed by atoms with Crippen molar-refractivity contribution < 1.29 is 9.53 Å². The summed E-state index contributed by atoms with van der Waals surface area (Å²) in [6.45, 7) is 1.09. The van der Waals surface area contributed by atoms with Gasteiger partial charge in [-0.15, -0.1) is 0 Å². The first-order chi connectivity index (χ1) is 12.3. The van der Waals surface area contributed by atoms with Crippen LogP contribution in [0.2, 0.25) is 0 Å². The summed E-state index contributed by atoms with van der Waals surface area (Å²) in [5.74, 6) is 0.618. The summed E-state index contributed by atoms with van der Waals surface area (Å²) in [5.41, 5.74) is 2.59. The Kier molecular flexibility index (Phi) is 5.72. The van der Waals surface area contributed by atoms with Crippen LogP contribution in [0.4, 0.5) is 0 Å². The molecule has 0 saturated carbocycles. The third kappa shape index (κ3) is 5.14. The van der Waals surface area contributed by atoms with Gasteiger partial charge in [-0.1, -0.05) is 42.5 Å². The van der Waals surface area contributed by atoms with Crippen molar-refractivity contribution in [1.82, 2.24) is 15.3 Å². The molecule has 1 aromatic heterocycles. The van der Waals surface area contributed by atoms with Crippen LogP contribution < -0.4 is 10.1 Å². The molecule has 5 heteroatoms. The number of nitrogens with one attached hydrogen (secondary N) is 1. The van der Waals surface area contributed by atoms with Crippen LogP contribution in [0.25, 0.3) is 0 Å². The van der Waals surface area contributed by atoms with E-state index in [1.165, 1.54) is 18.6 Å². The number of ether oxygens (including phenoxy) is 1. The van der Waals surface area contributed by atoms with Gasteiger partial charge < -0.3 is 10.1 Å². The molecule has 0 spiro atoms. The molecule has 0 bridgehead atoms. The van der Waals surface area contributed by atoms with Gasteiger partial charge in [0.05, 0.1) is 6.20 Å². The molecule has 25 heavy (non-hydrogen) atoms. The van der Waals surface area contributed by atoms with Crippen LogP contribution >= 0.6 is 0 Å². The molecule has 0 radical (unpaired) electrons. The zero-order chi connectivity index (χ0) is 17.3. The number of rotatable bonds is 7. The zero-order valence-electron chi connectivity index (χ0n) is 13.8. The molecule has 3 rings (SSSR count). The van der Waals surface area contributed by atoms with Crippen molar-refractivity contribution in [2.24, 2.45) is 0 Å². The van der Waals surface area contributed by atoms with Crippen LogP contribution in [0.3, 0.4) is 0 Å². The van der Waals surface area contributed by atoms with Crippen LogP contribution in [-0.4, -0.2) is 22.4 Å². The Morgan fingerprint density at radius 3 is 2.48 bits per heavy atom. The lowest BCUT2D eigenvalue weighted by molar-refractivity contribution is 0.0948. The molecule has 3 aromatic rings. The first-order valence-corrected chi connectivity index (χ1v) is 8.11. The monoisotopic (exact) mass is 333 g/mol. The predicted molar refractivity (Wildman–Crippen MR) is 95.3 cm³/mol. The van der Waals surface area contributed by atoms with Crippen LogP contribution in [0, 0.1) is 0 Å². The molecule has 0 unspecified atom stereocenters. The van der Waals surface area contributed by atoms with Gasteiger partial charge in [-0.25, -0.2) is 4.98 Å². The van der Waals surface area contributed by atoms with Gasteiger partial charge in [-0.3, -0.25) is 9.78 Å². The molecule has 0 aliphatic heterocycles. The third-order valence-electron chi connectivity index (χ3n) is 3.67. The Bertz CT molecular complexity index is 790. The normalized spacial score (nSPS) is 10.2. The molecular formula is C20H19N3O2. The highest BCUT2D eigenvalue weighted by Gasteiger charge is 2.05. The van der Waals surface area contributed by atoms with Crippen molar-refractivity contribution in [2.45, 2.75) is 13.0 Å². The summed E-state index contributed by atoms with van der Waals surface area (Å²) in [7, 11) is 0. The maximum Gasteiger partial charge on any atom is 0.271 e. The van der Waals surface area contributed by atoms with Crippen molar-refractivity contribution in [3.8, 4) is 5.75 Å². The molecule has 0 aliphatic carbocycles. The van der Waals surface area contributed by atoms with E-state index in [4.69, 9.17) is 4.74 Å². The van der Waals surface area contributed by atoms with Gasteiger partial charge in [0.2, 0.25) is 0 Å². The number of hydrogen-bond acceptors (Lipinski definition) is 4. The highest BCUT2D eigenvalue weighted by atomic mass is 16.5. The average Bonchev–Trinajstić information content (AvgIpc) is 2.69. The molecule has 0 aliphatic rings. The van der Waals surface area contributed by atoms with Crippen molar-refractivity contribution in [2.75, 3.05) is 6.54 Å². The summed E-state index contributed by atoms with van der Waals surface area (Å²) in [4.78, 5) is 19.7. The van der Waals surface area contributed by atoms with Crippen LogP contribution in [0.1, 0.15) is 21.6 Å². The summed E-state index contributed by atoms with van der Waals surface area (Å²) < 4.78 is 5.76. The number of carbonyl (C=O) groups is 1. The molecule has 0 atom stereocenters. The molecule has 126 valence electrons. The largest absolute Gasteiger partial charge is 0.489 e. The Morgan fingerprint density at radius 2 is 1.76 bits per heavy atom. The van der Waals surface area contributed by atoms with Gasteiger partial charge in [0, 0.05) is 18.9 Å². The fourth-order valence-electron chi connectivity index (χ4n) is 2.32. The Balaban J connectivity index is 1.44. The van der Waals surface area contributed by atoms with Crippen molar-refractivity contribution in [3.63, 3.8) is 0 Å². The van der Waals surface area contributed by atoms with Gasteiger partial charge in [-0.2, -0.15) is 0 Å². The average molecular weight is 333 g/mol. The van der Waals surface area contributed by atoms with Gasteiger partial charge in [0.25, 0.3) is 5.91 Å². The van der Waals surface area contributed by atoms with Gasteiger partial charge >= 0.3 is 0 Å². The lowest BCUT2D eigenvalue weighted by Gasteiger charge is -2.08. The fourth-order valence-corrected chi connectivity index (χ4v) is 2.32. The summed E-state index contributed by atoms with van der Waals surface area (Å²) in [6.07, 6.45) is 5.24. The lowest BCUT2D eigenvalue weighted by Crippen LogP contribution is -2.26. The van der Waals surface area contributed by atoms with Crippen LogP contribution in [0.15, 0.2) is 73.2 Å².